The molecule has 4 heteroatoms. The molecule has 3 heterocycles. The summed E-state index contributed by atoms with van der Waals surface area (Å²) in [6.07, 6.45) is 3.52. The lowest BCUT2D eigenvalue weighted by Gasteiger charge is -1.94. The Morgan fingerprint density at radius 2 is 2.00 bits per heavy atom. The molecule has 0 fully saturated rings. The lowest BCUT2D eigenvalue weighted by molar-refractivity contribution is 0.503. The van der Waals surface area contributed by atoms with Gasteiger partial charge in [0.15, 0.2) is 0 Å². The van der Waals surface area contributed by atoms with E-state index in [4.69, 9.17) is 4.42 Å². The Morgan fingerprint density at radius 1 is 1.18 bits per heavy atom. The van der Waals surface area contributed by atoms with Crippen molar-refractivity contribution in [2.45, 2.75) is 20.8 Å². The number of aromatic amines is 1. The molecule has 3 rings (SSSR count). The summed E-state index contributed by atoms with van der Waals surface area (Å²) in [6.45, 7) is 5.98. The first-order chi connectivity index (χ1) is 8.16. The largest absolute Gasteiger partial charge is 0.466 e. The lowest BCUT2D eigenvalue weighted by atomic mass is 10.1. The van der Waals surface area contributed by atoms with Crippen molar-refractivity contribution < 1.29 is 4.42 Å². The number of furan rings is 1. The first kappa shape index (κ1) is 10.1. The van der Waals surface area contributed by atoms with E-state index in [-0.39, 0.29) is 0 Å². The van der Waals surface area contributed by atoms with Gasteiger partial charge in [0.25, 0.3) is 0 Å². The Balaban J connectivity index is 2.27. The number of rotatable bonds is 1. The van der Waals surface area contributed by atoms with Crippen molar-refractivity contribution >= 4 is 11.0 Å². The first-order valence-corrected chi connectivity index (χ1v) is 5.53. The summed E-state index contributed by atoms with van der Waals surface area (Å²) in [5.41, 5.74) is 4.06. The minimum absolute atomic E-state index is 0.847. The lowest BCUT2D eigenvalue weighted by Crippen LogP contribution is -1.83. The van der Waals surface area contributed by atoms with Gasteiger partial charge in [-0.3, -0.25) is 4.98 Å². The van der Waals surface area contributed by atoms with Gasteiger partial charge < -0.3 is 9.40 Å². The van der Waals surface area contributed by atoms with E-state index in [0.717, 1.165) is 39.5 Å². The Labute approximate surface area is 98.7 Å². The van der Waals surface area contributed by atoms with Crippen LogP contribution in [0.2, 0.25) is 0 Å². The van der Waals surface area contributed by atoms with Crippen molar-refractivity contribution in [1.82, 2.24) is 15.0 Å². The molecular formula is C13H13N3O. The number of imidazole rings is 1. The predicted molar refractivity (Wildman–Crippen MR) is 65.8 cm³/mol. The summed E-state index contributed by atoms with van der Waals surface area (Å²) >= 11 is 0. The third-order valence-corrected chi connectivity index (χ3v) is 3.08. The highest BCUT2D eigenvalue weighted by atomic mass is 16.3. The molecule has 0 amide bonds. The van der Waals surface area contributed by atoms with Gasteiger partial charge in [0.05, 0.1) is 22.8 Å². The van der Waals surface area contributed by atoms with Crippen molar-refractivity contribution in [3.8, 4) is 11.4 Å². The van der Waals surface area contributed by atoms with E-state index in [2.05, 4.69) is 15.0 Å². The summed E-state index contributed by atoms with van der Waals surface area (Å²) in [7, 11) is 0. The summed E-state index contributed by atoms with van der Waals surface area (Å²) in [6, 6.07) is 1.90. The van der Waals surface area contributed by atoms with Gasteiger partial charge in [0, 0.05) is 11.8 Å². The van der Waals surface area contributed by atoms with Crippen LogP contribution in [0.5, 0.6) is 0 Å². The normalized spacial score (nSPS) is 11.2. The molecular weight excluding hydrogens is 214 g/mol. The number of aromatic nitrogens is 3. The second-order valence-electron chi connectivity index (χ2n) is 4.19. The number of fused-ring (bicyclic) bond motifs is 1. The van der Waals surface area contributed by atoms with Crippen molar-refractivity contribution in [3.05, 3.63) is 35.5 Å². The van der Waals surface area contributed by atoms with Gasteiger partial charge in [-0.1, -0.05) is 0 Å². The summed E-state index contributed by atoms with van der Waals surface area (Å²) in [5, 5.41) is 0. The van der Waals surface area contributed by atoms with Crippen LogP contribution >= 0.6 is 0 Å². The van der Waals surface area contributed by atoms with E-state index in [1.807, 2.05) is 26.8 Å². The zero-order valence-corrected chi connectivity index (χ0v) is 10.0. The SMILES string of the molecule is Cc1oc(C)c(-c2nc3ccncc3[nH]2)c1C. The van der Waals surface area contributed by atoms with Crippen LogP contribution in [0.3, 0.4) is 0 Å². The Morgan fingerprint density at radius 3 is 2.65 bits per heavy atom. The number of pyridine rings is 1. The number of aryl methyl sites for hydroxylation is 2. The fourth-order valence-electron chi connectivity index (χ4n) is 2.12. The molecule has 3 aromatic rings. The molecule has 0 aliphatic rings. The molecule has 0 aromatic carbocycles. The Kier molecular flexibility index (Phi) is 2.04. The molecule has 0 aliphatic heterocycles. The standard InChI is InChI=1S/C13H13N3O/c1-7-8(2)17-9(3)12(7)13-15-10-4-5-14-6-11(10)16-13/h4-6H,1-3H3,(H,15,16). The molecule has 0 radical (unpaired) electrons. The van der Waals surface area contributed by atoms with Gasteiger partial charge in [-0.25, -0.2) is 4.98 Å². The number of hydrogen-bond acceptors (Lipinski definition) is 3. The highest BCUT2D eigenvalue weighted by Gasteiger charge is 2.16. The van der Waals surface area contributed by atoms with Crippen LogP contribution in [0.4, 0.5) is 0 Å². The molecule has 0 spiro atoms. The minimum Gasteiger partial charge on any atom is -0.466 e. The number of H-pyrrole nitrogens is 1. The maximum absolute atomic E-state index is 5.62. The molecule has 0 saturated heterocycles. The van der Waals surface area contributed by atoms with Crippen LogP contribution < -0.4 is 0 Å². The van der Waals surface area contributed by atoms with Gasteiger partial charge in [0.1, 0.15) is 17.3 Å². The van der Waals surface area contributed by atoms with Crippen LogP contribution in [0.25, 0.3) is 22.4 Å². The second-order valence-corrected chi connectivity index (χ2v) is 4.19. The second kappa shape index (κ2) is 3.45. The average Bonchev–Trinajstić information content (AvgIpc) is 2.81. The molecule has 3 aromatic heterocycles. The fourth-order valence-corrected chi connectivity index (χ4v) is 2.12. The molecule has 17 heavy (non-hydrogen) atoms. The minimum atomic E-state index is 0.847. The molecule has 0 atom stereocenters. The van der Waals surface area contributed by atoms with Gasteiger partial charge in [-0.2, -0.15) is 0 Å². The maximum Gasteiger partial charge on any atom is 0.142 e. The number of nitrogens with zero attached hydrogens (tertiary/aromatic N) is 2. The van der Waals surface area contributed by atoms with Crippen molar-refractivity contribution in [2.75, 3.05) is 0 Å². The van der Waals surface area contributed by atoms with Gasteiger partial charge >= 0.3 is 0 Å². The van der Waals surface area contributed by atoms with Crippen LogP contribution in [0, 0.1) is 20.8 Å². The third-order valence-electron chi connectivity index (χ3n) is 3.08. The highest BCUT2D eigenvalue weighted by Crippen LogP contribution is 2.30. The van der Waals surface area contributed by atoms with Crippen molar-refractivity contribution in [2.24, 2.45) is 0 Å². The predicted octanol–water partition coefficient (Wildman–Crippen LogP) is 3.14. The topological polar surface area (TPSA) is 54.7 Å². The molecule has 0 aliphatic carbocycles. The molecule has 0 unspecified atom stereocenters. The van der Waals surface area contributed by atoms with Crippen LogP contribution in [-0.2, 0) is 0 Å². The number of nitrogens with one attached hydrogen (secondary N) is 1. The van der Waals surface area contributed by atoms with E-state index >= 15 is 0 Å². The smallest absolute Gasteiger partial charge is 0.142 e. The van der Waals surface area contributed by atoms with Crippen LogP contribution in [0.1, 0.15) is 17.1 Å². The van der Waals surface area contributed by atoms with Gasteiger partial charge in [0.2, 0.25) is 0 Å². The van der Waals surface area contributed by atoms with Crippen LogP contribution in [-0.4, -0.2) is 15.0 Å². The highest BCUT2D eigenvalue weighted by molar-refractivity contribution is 5.79. The zero-order valence-electron chi connectivity index (χ0n) is 10.0. The van der Waals surface area contributed by atoms with Gasteiger partial charge in [-0.05, 0) is 26.8 Å². The molecule has 0 saturated carbocycles. The van der Waals surface area contributed by atoms with E-state index in [1.165, 1.54) is 0 Å². The summed E-state index contributed by atoms with van der Waals surface area (Å²) in [5.74, 6) is 2.68. The summed E-state index contributed by atoms with van der Waals surface area (Å²) < 4.78 is 5.62. The summed E-state index contributed by atoms with van der Waals surface area (Å²) in [4.78, 5) is 11.9. The first-order valence-electron chi connectivity index (χ1n) is 5.53. The van der Waals surface area contributed by atoms with E-state index in [9.17, 15) is 0 Å². The van der Waals surface area contributed by atoms with Crippen molar-refractivity contribution in [1.29, 1.82) is 0 Å². The van der Waals surface area contributed by atoms with E-state index < -0.39 is 0 Å². The molecule has 0 bridgehead atoms. The fraction of sp³-hybridized carbons (Fsp3) is 0.231. The molecule has 1 N–H and O–H groups in total. The maximum atomic E-state index is 5.62. The molecule has 4 nitrogen and oxygen atoms in total. The average molecular weight is 227 g/mol. The molecule has 86 valence electrons. The third kappa shape index (κ3) is 1.45. The Bertz CT molecular complexity index is 661. The van der Waals surface area contributed by atoms with E-state index in [0.29, 0.717) is 0 Å². The van der Waals surface area contributed by atoms with E-state index in [1.54, 1.807) is 12.4 Å². The van der Waals surface area contributed by atoms with Gasteiger partial charge in [-0.15, -0.1) is 0 Å². The van der Waals surface area contributed by atoms with Crippen LogP contribution in [0.15, 0.2) is 22.9 Å². The quantitative estimate of drug-likeness (QED) is 0.694. The monoisotopic (exact) mass is 227 g/mol. The van der Waals surface area contributed by atoms with Crippen molar-refractivity contribution in [3.63, 3.8) is 0 Å². The Hall–Kier alpha value is -2.10. The number of hydrogen-bond donors (Lipinski definition) is 1. The zero-order chi connectivity index (χ0) is 12.0.